The summed E-state index contributed by atoms with van der Waals surface area (Å²) in [6.45, 7) is 6.35. The van der Waals surface area contributed by atoms with Crippen molar-refractivity contribution in [3.8, 4) is 5.75 Å². The highest BCUT2D eigenvalue weighted by atomic mass is 35.5. The maximum atomic E-state index is 6.22. The molecule has 1 aliphatic rings. The Hall–Kier alpha value is -0.730. The van der Waals surface area contributed by atoms with Crippen LogP contribution in [0.4, 0.5) is 0 Å². The molecule has 1 aromatic carbocycles. The summed E-state index contributed by atoms with van der Waals surface area (Å²) in [4.78, 5) is 0. The molecule has 0 bridgehead atoms. The van der Waals surface area contributed by atoms with E-state index < -0.39 is 0 Å². The quantitative estimate of drug-likeness (QED) is 0.872. The molecule has 0 unspecified atom stereocenters. The largest absolute Gasteiger partial charge is 0.496 e. The number of methoxy groups -OCH3 is 1. The van der Waals surface area contributed by atoms with Gasteiger partial charge in [0.25, 0.3) is 0 Å². The smallest absolute Gasteiger partial charge is 0.126 e. The lowest BCUT2D eigenvalue weighted by atomic mass is 9.85. The average Bonchev–Trinajstić information content (AvgIpc) is 2.34. The summed E-state index contributed by atoms with van der Waals surface area (Å²) in [5, 5.41) is 4.20. The summed E-state index contributed by atoms with van der Waals surface area (Å²) in [7, 11) is 1.74. The van der Waals surface area contributed by atoms with E-state index >= 15 is 0 Å². The van der Waals surface area contributed by atoms with Crippen LogP contribution in [0.15, 0.2) is 6.07 Å². The lowest BCUT2D eigenvalue weighted by Crippen LogP contribution is -2.27. The molecule has 17 heavy (non-hydrogen) atoms. The zero-order chi connectivity index (χ0) is 12.4. The number of hydrogen-bond acceptors (Lipinski definition) is 2. The molecule has 2 nitrogen and oxygen atoms in total. The van der Waals surface area contributed by atoms with Crippen LogP contribution < -0.4 is 10.1 Å². The minimum absolute atomic E-state index is 0.599. The van der Waals surface area contributed by atoms with Gasteiger partial charge in [-0.1, -0.05) is 11.6 Å². The van der Waals surface area contributed by atoms with Crippen molar-refractivity contribution in [3.05, 3.63) is 27.8 Å². The van der Waals surface area contributed by atoms with Gasteiger partial charge in [-0.3, -0.25) is 0 Å². The molecule has 0 saturated carbocycles. The lowest BCUT2D eigenvalue weighted by molar-refractivity contribution is 0.388. The minimum Gasteiger partial charge on any atom is -0.496 e. The Morgan fingerprint density at radius 1 is 1.29 bits per heavy atom. The number of hydrogen-bond donors (Lipinski definition) is 1. The van der Waals surface area contributed by atoms with E-state index in [1.54, 1.807) is 7.11 Å². The van der Waals surface area contributed by atoms with Crippen LogP contribution in [-0.4, -0.2) is 20.2 Å². The fourth-order valence-corrected chi connectivity index (χ4v) is 3.00. The average molecular weight is 254 g/mol. The van der Waals surface area contributed by atoms with Crippen LogP contribution in [0.2, 0.25) is 5.02 Å². The zero-order valence-corrected chi connectivity index (χ0v) is 11.5. The van der Waals surface area contributed by atoms with Crippen molar-refractivity contribution in [1.82, 2.24) is 5.32 Å². The molecule has 94 valence electrons. The zero-order valence-electron chi connectivity index (χ0n) is 10.8. The van der Waals surface area contributed by atoms with Crippen LogP contribution in [0, 0.1) is 13.8 Å². The standard InChI is InChI=1S/C14H20ClNO/c1-9-8-12(15)10(2)14(17-3)13(9)11-4-6-16-7-5-11/h8,11,16H,4-7H2,1-3H3. The summed E-state index contributed by atoms with van der Waals surface area (Å²) >= 11 is 6.22. The summed E-state index contributed by atoms with van der Waals surface area (Å²) < 4.78 is 5.59. The van der Waals surface area contributed by atoms with Crippen molar-refractivity contribution < 1.29 is 4.74 Å². The van der Waals surface area contributed by atoms with E-state index in [1.807, 2.05) is 6.92 Å². The normalized spacial score (nSPS) is 17.2. The Kier molecular flexibility index (Phi) is 3.95. The molecular weight excluding hydrogens is 234 g/mol. The Balaban J connectivity index is 2.47. The third-order valence-corrected chi connectivity index (χ3v) is 4.06. The molecule has 1 N–H and O–H groups in total. The Labute approximate surface area is 108 Å². The number of halogens is 1. The molecule has 0 aliphatic carbocycles. The molecule has 0 atom stereocenters. The third-order valence-electron chi connectivity index (χ3n) is 3.66. The van der Waals surface area contributed by atoms with Gasteiger partial charge in [0.15, 0.2) is 0 Å². The topological polar surface area (TPSA) is 21.3 Å². The van der Waals surface area contributed by atoms with E-state index in [2.05, 4.69) is 18.3 Å². The van der Waals surface area contributed by atoms with Gasteiger partial charge >= 0.3 is 0 Å². The predicted molar refractivity (Wildman–Crippen MR) is 72.3 cm³/mol. The van der Waals surface area contributed by atoms with Gasteiger partial charge in [-0.05, 0) is 57.3 Å². The maximum absolute atomic E-state index is 6.22. The number of piperidine rings is 1. The van der Waals surface area contributed by atoms with Gasteiger partial charge in [-0.2, -0.15) is 0 Å². The van der Waals surface area contributed by atoms with Crippen molar-refractivity contribution in [1.29, 1.82) is 0 Å². The van der Waals surface area contributed by atoms with E-state index in [-0.39, 0.29) is 0 Å². The van der Waals surface area contributed by atoms with E-state index in [4.69, 9.17) is 16.3 Å². The minimum atomic E-state index is 0.599. The van der Waals surface area contributed by atoms with E-state index in [1.165, 1.54) is 24.0 Å². The first-order valence-corrected chi connectivity index (χ1v) is 6.57. The molecule has 1 aromatic rings. The SMILES string of the molecule is COc1c(C)c(Cl)cc(C)c1C1CCNCC1. The second-order valence-corrected chi connectivity index (χ2v) is 5.18. The van der Waals surface area contributed by atoms with E-state index in [0.717, 1.165) is 29.4 Å². The first kappa shape index (κ1) is 12.7. The van der Waals surface area contributed by atoms with Crippen LogP contribution in [0.5, 0.6) is 5.75 Å². The molecule has 1 saturated heterocycles. The summed E-state index contributed by atoms with van der Waals surface area (Å²) in [6.07, 6.45) is 2.36. The molecular formula is C14H20ClNO. The first-order chi connectivity index (χ1) is 8.15. The Morgan fingerprint density at radius 3 is 2.53 bits per heavy atom. The Morgan fingerprint density at radius 2 is 1.94 bits per heavy atom. The van der Waals surface area contributed by atoms with Crippen LogP contribution in [-0.2, 0) is 0 Å². The van der Waals surface area contributed by atoms with E-state index in [9.17, 15) is 0 Å². The van der Waals surface area contributed by atoms with Gasteiger partial charge in [-0.15, -0.1) is 0 Å². The highest BCUT2D eigenvalue weighted by Gasteiger charge is 2.23. The molecule has 0 radical (unpaired) electrons. The second-order valence-electron chi connectivity index (χ2n) is 4.77. The predicted octanol–water partition coefficient (Wildman–Crippen LogP) is 3.43. The molecule has 1 fully saturated rings. The van der Waals surface area contributed by atoms with Crippen molar-refractivity contribution in [2.24, 2.45) is 0 Å². The van der Waals surface area contributed by atoms with Gasteiger partial charge in [0.05, 0.1) is 7.11 Å². The van der Waals surface area contributed by atoms with Gasteiger partial charge < -0.3 is 10.1 Å². The summed E-state index contributed by atoms with van der Waals surface area (Å²) in [5.74, 6) is 1.59. The maximum Gasteiger partial charge on any atom is 0.126 e. The highest BCUT2D eigenvalue weighted by molar-refractivity contribution is 6.31. The molecule has 2 rings (SSSR count). The summed E-state index contributed by atoms with van der Waals surface area (Å²) in [5.41, 5.74) is 3.67. The summed E-state index contributed by atoms with van der Waals surface area (Å²) in [6, 6.07) is 2.07. The number of benzene rings is 1. The number of rotatable bonds is 2. The molecule has 3 heteroatoms. The van der Waals surface area contributed by atoms with Crippen LogP contribution in [0.1, 0.15) is 35.4 Å². The van der Waals surface area contributed by atoms with Crippen molar-refractivity contribution >= 4 is 11.6 Å². The van der Waals surface area contributed by atoms with Crippen LogP contribution in [0.3, 0.4) is 0 Å². The van der Waals surface area contributed by atoms with Gasteiger partial charge in [-0.25, -0.2) is 0 Å². The number of ether oxygens (including phenoxy) is 1. The van der Waals surface area contributed by atoms with E-state index in [0.29, 0.717) is 5.92 Å². The highest BCUT2D eigenvalue weighted by Crippen LogP contribution is 2.40. The van der Waals surface area contributed by atoms with Gasteiger partial charge in [0.1, 0.15) is 5.75 Å². The fraction of sp³-hybridized carbons (Fsp3) is 0.571. The van der Waals surface area contributed by atoms with Gasteiger partial charge in [0, 0.05) is 16.1 Å². The molecule has 0 amide bonds. The molecule has 1 aliphatic heterocycles. The Bertz CT molecular complexity index is 411. The van der Waals surface area contributed by atoms with Crippen LogP contribution in [0.25, 0.3) is 0 Å². The van der Waals surface area contributed by atoms with Gasteiger partial charge in [0.2, 0.25) is 0 Å². The number of nitrogens with one attached hydrogen (secondary N) is 1. The van der Waals surface area contributed by atoms with Crippen molar-refractivity contribution in [2.45, 2.75) is 32.6 Å². The molecule has 0 aromatic heterocycles. The fourth-order valence-electron chi connectivity index (χ4n) is 2.75. The first-order valence-electron chi connectivity index (χ1n) is 6.19. The molecule has 0 spiro atoms. The van der Waals surface area contributed by atoms with Crippen molar-refractivity contribution in [2.75, 3.05) is 20.2 Å². The number of aryl methyl sites for hydroxylation is 1. The monoisotopic (exact) mass is 253 g/mol. The van der Waals surface area contributed by atoms with Crippen molar-refractivity contribution in [3.63, 3.8) is 0 Å². The van der Waals surface area contributed by atoms with Crippen LogP contribution >= 0.6 is 11.6 Å². The second kappa shape index (κ2) is 5.28. The molecule has 1 heterocycles. The third kappa shape index (κ3) is 2.43. The lowest BCUT2D eigenvalue weighted by Gasteiger charge is -2.27.